The molecule has 0 amide bonds. The first kappa shape index (κ1) is 15.7. The Balaban J connectivity index is 1.33. The van der Waals surface area contributed by atoms with E-state index >= 15 is 0 Å². The van der Waals surface area contributed by atoms with Gasteiger partial charge in [0, 0.05) is 50.7 Å². The molecule has 2 aliphatic rings. The van der Waals surface area contributed by atoms with Gasteiger partial charge in [0.2, 0.25) is 0 Å². The van der Waals surface area contributed by atoms with Crippen LogP contribution in [0.2, 0.25) is 0 Å². The molecule has 1 aromatic carbocycles. The molecule has 1 fully saturated rings. The summed E-state index contributed by atoms with van der Waals surface area (Å²) in [4.78, 5) is 6.91. The predicted molar refractivity (Wildman–Crippen MR) is 95.2 cm³/mol. The first-order chi connectivity index (χ1) is 11.9. The summed E-state index contributed by atoms with van der Waals surface area (Å²) in [5, 5.41) is 3.68. The summed E-state index contributed by atoms with van der Waals surface area (Å²) < 4.78 is 7.76. The highest BCUT2D eigenvalue weighted by Crippen LogP contribution is 2.22. The second-order valence-corrected chi connectivity index (χ2v) is 6.75. The normalized spacial score (nSPS) is 20.8. The molecule has 5 heteroatoms. The van der Waals surface area contributed by atoms with Gasteiger partial charge in [-0.25, -0.2) is 4.98 Å². The van der Waals surface area contributed by atoms with Crippen molar-refractivity contribution in [1.82, 2.24) is 14.9 Å². The minimum Gasteiger partial charge on any atom is -0.378 e. The van der Waals surface area contributed by atoms with Crippen LogP contribution in [0.25, 0.3) is 0 Å². The SMILES string of the molecule is c1ccc(N2CCOCC2)c(CNCC2CCn3ccnc3C2)c1. The topological polar surface area (TPSA) is 42.3 Å². The van der Waals surface area contributed by atoms with Crippen molar-refractivity contribution in [1.29, 1.82) is 0 Å². The minimum atomic E-state index is 0.690. The lowest BCUT2D eigenvalue weighted by Gasteiger charge is -2.31. The van der Waals surface area contributed by atoms with Crippen LogP contribution >= 0.6 is 0 Å². The smallest absolute Gasteiger partial charge is 0.108 e. The van der Waals surface area contributed by atoms with Crippen molar-refractivity contribution < 1.29 is 4.74 Å². The van der Waals surface area contributed by atoms with Gasteiger partial charge in [-0.15, -0.1) is 0 Å². The average molecular weight is 326 g/mol. The van der Waals surface area contributed by atoms with Crippen LogP contribution in [-0.2, 0) is 24.2 Å². The fourth-order valence-corrected chi connectivity index (χ4v) is 3.77. The molecule has 1 aromatic heterocycles. The monoisotopic (exact) mass is 326 g/mol. The Hall–Kier alpha value is -1.85. The molecule has 0 bridgehead atoms. The van der Waals surface area contributed by atoms with Gasteiger partial charge in [0.05, 0.1) is 13.2 Å². The van der Waals surface area contributed by atoms with Gasteiger partial charge in [0.1, 0.15) is 5.82 Å². The molecule has 0 radical (unpaired) electrons. The zero-order chi connectivity index (χ0) is 16.2. The summed E-state index contributed by atoms with van der Waals surface area (Å²) in [6.07, 6.45) is 6.34. The number of nitrogens with zero attached hydrogens (tertiary/aromatic N) is 3. The fraction of sp³-hybridized carbons (Fsp3) is 0.526. The molecule has 1 saturated heterocycles. The molecule has 0 saturated carbocycles. The number of fused-ring (bicyclic) bond motifs is 1. The number of para-hydroxylation sites is 1. The zero-order valence-corrected chi connectivity index (χ0v) is 14.2. The number of morpholine rings is 1. The van der Waals surface area contributed by atoms with E-state index in [4.69, 9.17) is 4.74 Å². The van der Waals surface area contributed by atoms with E-state index in [1.807, 2.05) is 6.20 Å². The molecule has 24 heavy (non-hydrogen) atoms. The third-order valence-corrected chi connectivity index (χ3v) is 5.14. The van der Waals surface area contributed by atoms with Crippen LogP contribution in [0.3, 0.4) is 0 Å². The predicted octanol–water partition coefficient (Wildman–Crippen LogP) is 2.07. The van der Waals surface area contributed by atoms with Gasteiger partial charge in [-0.2, -0.15) is 0 Å². The standard InChI is InChI=1S/C19H26N4O/c1-2-4-18(22-9-11-24-12-10-22)17(3-1)15-20-14-16-5-7-23-8-6-21-19(23)13-16/h1-4,6,8,16,20H,5,7,9-15H2. The van der Waals surface area contributed by atoms with E-state index in [0.29, 0.717) is 5.92 Å². The Labute approximate surface area is 143 Å². The van der Waals surface area contributed by atoms with Gasteiger partial charge in [0.25, 0.3) is 0 Å². The van der Waals surface area contributed by atoms with Crippen molar-refractivity contribution in [2.24, 2.45) is 5.92 Å². The highest BCUT2D eigenvalue weighted by Gasteiger charge is 2.19. The van der Waals surface area contributed by atoms with E-state index in [9.17, 15) is 0 Å². The van der Waals surface area contributed by atoms with Crippen molar-refractivity contribution in [3.8, 4) is 0 Å². The molecule has 4 rings (SSSR count). The number of hydrogen-bond donors (Lipinski definition) is 1. The summed E-state index contributed by atoms with van der Waals surface area (Å²) in [5.74, 6) is 1.93. The number of hydrogen-bond acceptors (Lipinski definition) is 4. The Kier molecular flexibility index (Phi) is 4.81. The number of aromatic nitrogens is 2. The summed E-state index contributed by atoms with van der Waals surface area (Å²) in [5.41, 5.74) is 2.74. The molecule has 5 nitrogen and oxygen atoms in total. The summed E-state index contributed by atoms with van der Waals surface area (Å²) >= 11 is 0. The second-order valence-electron chi connectivity index (χ2n) is 6.75. The summed E-state index contributed by atoms with van der Waals surface area (Å²) in [6.45, 7) is 6.73. The first-order valence-corrected chi connectivity index (χ1v) is 9.01. The van der Waals surface area contributed by atoms with Gasteiger partial charge in [-0.3, -0.25) is 0 Å². The number of aryl methyl sites for hydroxylation is 1. The third kappa shape index (κ3) is 3.47. The van der Waals surface area contributed by atoms with Crippen molar-refractivity contribution in [2.75, 3.05) is 37.7 Å². The molecule has 0 spiro atoms. The third-order valence-electron chi connectivity index (χ3n) is 5.14. The fourth-order valence-electron chi connectivity index (χ4n) is 3.77. The number of nitrogens with one attached hydrogen (secondary N) is 1. The molecular formula is C19H26N4O. The van der Waals surface area contributed by atoms with Crippen LogP contribution in [0.5, 0.6) is 0 Å². The van der Waals surface area contributed by atoms with Crippen molar-refractivity contribution >= 4 is 5.69 Å². The first-order valence-electron chi connectivity index (χ1n) is 9.01. The number of ether oxygens (including phenoxy) is 1. The van der Waals surface area contributed by atoms with Gasteiger partial charge in [-0.05, 0) is 30.5 Å². The van der Waals surface area contributed by atoms with E-state index in [1.54, 1.807) is 0 Å². The van der Waals surface area contributed by atoms with Crippen LogP contribution in [-0.4, -0.2) is 42.4 Å². The lowest BCUT2D eigenvalue weighted by atomic mass is 9.97. The molecule has 1 unspecified atom stereocenters. The molecule has 2 aromatic rings. The van der Waals surface area contributed by atoms with E-state index in [0.717, 1.165) is 52.4 Å². The lowest BCUT2D eigenvalue weighted by molar-refractivity contribution is 0.122. The summed E-state index contributed by atoms with van der Waals surface area (Å²) in [6, 6.07) is 8.75. The van der Waals surface area contributed by atoms with Gasteiger partial charge in [-0.1, -0.05) is 18.2 Å². The molecule has 1 N–H and O–H groups in total. The molecular weight excluding hydrogens is 300 g/mol. The molecule has 3 heterocycles. The quantitative estimate of drug-likeness (QED) is 0.913. The molecule has 128 valence electrons. The van der Waals surface area contributed by atoms with Gasteiger partial charge < -0.3 is 19.5 Å². The van der Waals surface area contributed by atoms with E-state index < -0.39 is 0 Å². The van der Waals surface area contributed by atoms with Crippen LogP contribution < -0.4 is 10.2 Å². The average Bonchev–Trinajstić information content (AvgIpc) is 3.11. The van der Waals surface area contributed by atoms with E-state index in [2.05, 4.69) is 50.2 Å². The maximum Gasteiger partial charge on any atom is 0.108 e. The Morgan fingerprint density at radius 2 is 2.04 bits per heavy atom. The van der Waals surface area contributed by atoms with Crippen LogP contribution in [0.1, 0.15) is 17.8 Å². The van der Waals surface area contributed by atoms with Crippen LogP contribution in [0.4, 0.5) is 5.69 Å². The highest BCUT2D eigenvalue weighted by molar-refractivity contribution is 5.53. The molecule has 0 aliphatic carbocycles. The number of rotatable bonds is 5. The lowest BCUT2D eigenvalue weighted by Crippen LogP contribution is -2.37. The zero-order valence-electron chi connectivity index (χ0n) is 14.2. The van der Waals surface area contributed by atoms with Crippen molar-refractivity contribution in [3.05, 3.63) is 48.0 Å². The maximum absolute atomic E-state index is 5.48. The van der Waals surface area contributed by atoms with E-state index in [-0.39, 0.29) is 0 Å². The van der Waals surface area contributed by atoms with Gasteiger partial charge >= 0.3 is 0 Å². The minimum absolute atomic E-state index is 0.690. The second kappa shape index (κ2) is 7.36. The Morgan fingerprint density at radius 3 is 2.96 bits per heavy atom. The Bertz CT molecular complexity index is 663. The van der Waals surface area contributed by atoms with Crippen LogP contribution in [0, 0.1) is 5.92 Å². The van der Waals surface area contributed by atoms with Crippen LogP contribution in [0.15, 0.2) is 36.7 Å². The van der Waals surface area contributed by atoms with E-state index in [1.165, 1.54) is 23.5 Å². The number of imidazole rings is 1. The summed E-state index contributed by atoms with van der Waals surface area (Å²) in [7, 11) is 0. The number of anilines is 1. The highest BCUT2D eigenvalue weighted by atomic mass is 16.5. The van der Waals surface area contributed by atoms with Crippen molar-refractivity contribution in [3.63, 3.8) is 0 Å². The number of benzene rings is 1. The Morgan fingerprint density at radius 1 is 1.17 bits per heavy atom. The van der Waals surface area contributed by atoms with Crippen molar-refractivity contribution in [2.45, 2.75) is 25.9 Å². The largest absolute Gasteiger partial charge is 0.378 e. The van der Waals surface area contributed by atoms with Gasteiger partial charge in [0.15, 0.2) is 0 Å². The molecule has 2 aliphatic heterocycles. The maximum atomic E-state index is 5.48. The molecule has 1 atom stereocenters.